The van der Waals surface area contributed by atoms with Crippen molar-refractivity contribution < 1.29 is 27.4 Å². The molecule has 1 fully saturated rings. The van der Waals surface area contributed by atoms with Gasteiger partial charge in [-0.05, 0) is 61.7 Å². The largest absolute Gasteiger partial charge is 0.573 e. The van der Waals surface area contributed by atoms with Crippen LogP contribution in [0.2, 0.25) is 0 Å². The number of alkyl halides is 3. The number of hydrogen-bond donors (Lipinski definition) is 1. The van der Waals surface area contributed by atoms with E-state index in [-0.39, 0.29) is 24.2 Å². The van der Waals surface area contributed by atoms with E-state index in [9.17, 15) is 22.7 Å². The summed E-state index contributed by atoms with van der Waals surface area (Å²) in [4.78, 5) is 6.91. The van der Waals surface area contributed by atoms with E-state index in [1.807, 2.05) is 11.0 Å². The number of aromatic nitrogens is 3. The van der Waals surface area contributed by atoms with E-state index in [2.05, 4.69) is 9.84 Å². The van der Waals surface area contributed by atoms with Crippen LogP contribution in [0.5, 0.6) is 5.75 Å². The molecule has 2 aromatic carbocycles. The molecule has 3 heterocycles. The molecule has 0 radical (unpaired) electrons. The Morgan fingerprint density at radius 3 is 2.40 bits per heavy atom. The van der Waals surface area contributed by atoms with E-state index < -0.39 is 6.36 Å². The minimum Gasteiger partial charge on any atom is -0.406 e. The summed E-state index contributed by atoms with van der Waals surface area (Å²) in [5, 5.41) is 14.5. The molecule has 10 heteroatoms. The van der Waals surface area contributed by atoms with E-state index in [1.54, 1.807) is 23.6 Å². The molecule has 35 heavy (non-hydrogen) atoms. The molecule has 1 saturated heterocycles. The molecule has 0 bridgehead atoms. The van der Waals surface area contributed by atoms with Crippen molar-refractivity contribution in [2.75, 3.05) is 18.1 Å². The van der Waals surface area contributed by atoms with Crippen LogP contribution < -0.4 is 9.64 Å². The molecular weight excluding hydrogens is 464 g/mol. The molecule has 4 aromatic rings. The lowest BCUT2D eigenvalue weighted by Gasteiger charge is -2.25. The van der Waals surface area contributed by atoms with Gasteiger partial charge in [-0.3, -0.25) is 0 Å². The molecule has 1 aliphatic rings. The number of rotatable bonds is 5. The third kappa shape index (κ3) is 4.53. The second-order valence-corrected chi connectivity index (χ2v) is 8.45. The van der Waals surface area contributed by atoms with Gasteiger partial charge in [0.25, 0.3) is 0 Å². The van der Waals surface area contributed by atoms with Crippen molar-refractivity contribution >= 4 is 11.5 Å². The summed E-state index contributed by atoms with van der Waals surface area (Å²) < 4.78 is 57.0. The van der Waals surface area contributed by atoms with Crippen molar-refractivity contribution in [3.63, 3.8) is 0 Å². The maximum atomic E-state index is 13.6. The Bertz CT molecular complexity index is 1350. The Hall–Kier alpha value is -3.66. The zero-order chi connectivity index (χ0) is 24.7. The summed E-state index contributed by atoms with van der Waals surface area (Å²) in [6, 6.07) is 13.4. The Labute approximate surface area is 198 Å². The minimum absolute atomic E-state index is 0.00937. The summed E-state index contributed by atoms with van der Waals surface area (Å²) >= 11 is 0. The monoisotopic (exact) mass is 486 g/mol. The molecule has 1 atom stereocenters. The lowest BCUT2D eigenvalue weighted by atomic mass is 10.1. The van der Waals surface area contributed by atoms with Crippen LogP contribution in [-0.2, 0) is 0 Å². The first-order valence-electron chi connectivity index (χ1n) is 11.1. The minimum atomic E-state index is -4.78. The van der Waals surface area contributed by atoms with Gasteiger partial charge in [-0.2, -0.15) is 5.10 Å². The van der Waals surface area contributed by atoms with Crippen molar-refractivity contribution in [1.82, 2.24) is 14.6 Å². The van der Waals surface area contributed by atoms with Gasteiger partial charge in [0.15, 0.2) is 5.65 Å². The van der Waals surface area contributed by atoms with Crippen LogP contribution in [0.4, 0.5) is 23.4 Å². The summed E-state index contributed by atoms with van der Waals surface area (Å²) in [6.45, 7) is 2.51. The lowest BCUT2D eigenvalue weighted by molar-refractivity contribution is -0.274. The van der Waals surface area contributed by atoms with Gasteiger partial charge in [0.2, 0.25) is 0 Å². The first kappa shape index (κ1) is 23.1. The molecule has 1 N–H and O–H groups in total. The van der Waals surface area contributed by atoms with Crippen LogP contribution in [0.25, 0.3) is 28.0 Å². The summed E-state index contributed by atoms with van der Waals surface area (Å²) in [7, 11) is 0. The topological polar surface area (TPSA) is 62.9 Å². The third-order valence-electron chi connectivity index (χ3n) is 6.15. The summed E-state index contributed by atoms with van der Waals surface area (Å²) in [5.41, 5.74) is 3.83. The first-order valence-corrected chi connectivity index (χ1v) is 11.1. The highest BCUT2D eigenvalue weighted by atomic mass is 19.4. The normalized spacial score (nSPS) is 16.3. The smallest absolute Gasteiger partial charge is 0.406 e. The predicted molar refractivity (Wildman–Crippen MR) is 123 cm³/mol. The highest BCUT2D eigenvalue weighted by molar-refractivity contribution is 5.83. The van der Waals surface area contributed by atoms with Crippen LogP contribution in [0, 0.1) is 12.7 Å². The van der Waals surface area contributed by atoms with Gasteiger partial charge in [0.05, 0.1) is 24.0 Å². The number of ether oxygens (including phenoxy) is 1. The number of aliphatic hydroxyl groups is 1. The van der Waals surface area contributed by atoms with Crippen LogP contribution in [0.3, 0.4) is 0 Å². The lowest BCUT2D eigenvalue weighted by Crippen LogP contribution is -2.32. The molecule has 1 aliphatic heterocycles. The number of fused-ring (bicyclic) bond motifs is 1. The number of anilines is 1. The van der Waals surface area contributed by atoms with Crippen molar-refractivity contribution in [2.45, 2.75) is 32.2 Å². The molecule has 0 amide bonds. The quantitative estimate of drug-likeness (QED) is 0.385. The van der Waals surface area contributed by atoms with E-state index >= 15 is 0 Å². The van der Waals surface area contributed by atoms with Crippen LogP contribution >= 0.6 is 0 Å². The Balaban J connectivity index is 1.68. The molecular formula is C25H22F4N4O2. The van der Waals surface area contributed by atoms with Crippen LogP contribution in [0.1, 0.15) is 18.5 Å². The van der Waals surface area contributed by atoms with Gasteiger partial charge in [-0.15, -0.1) is 13.2 Å². The van der Waals surface area contributed by atoms with Crippen LogP contribution in [-0.4, -0.2) is 45.3 Å². The second-order valence-electron chi connectivity index (χ2n) is 8.45. The zero-order valence-electron chi connectivity index (χ0n) is 18.8. The molecule has 0 saturated carbocycles. The molecule has 1 unspecified atom stereocenters. The molecule has 2 aromatic heterocycles. The number of aliphatic hydroxyl groups excluding tert-OH is 1. The standard InChI is InChI=1S/C25H22F4N4O2/c1-15-23(17-6-10-20(11-7-17)35-25(27,28)29)24-30-22(32-12-2-3-19(32)14-34)13-21(33(24)31-15)16-4-8-18(26)9-5-16/h4-11,13,19,34H,2-3,12,14H2,1H3. The number of benzene rings is 2. The SMILES string of the molecule is Cc1nn2c(-c3ccc(F)cc3)cc(N3CCCC3CO)nc2c1-c1ccc(OC(F)(F)F)cc1. The number of halogens is 4. The number of nitrogens with zero attached hydrogens (tertiary/aromatic N) is 4. The average molecular weight is 486 g/mol. The molecule has 182 valence electrons. The molecule has 5 rings (SSSR count). The first-order chi connectivity index (χ1) is 16.7. The summed E-state index contributed by atoms with van der Waals surface area (Å²) in [6.07, 6.45) is -3.03. The van der Waals surface area contributed by atoms with E-state index in [0.29, 0.717) is 34.0 Å². The van der Waals surface area contributed by atoms with E-state index in [0.717, 1.165) is 24.9 Å². The van der Waals surface area contributed by atoms with Crippen LogP contribution in [0.15, 0.2) is 54.6 Å². The molecule has 0 spiro atoms. The van der Waals surface area contributed by atoms with Crippen molar-refractivity contribution in [3.8, 4) is 28.1 Å². The third-order valence-corrected chi connectivity index (χ3v) is 6.15. The fourth-order valence-electron chi connectivity index (χ4n) is 4.57. The van der Waals surface area contributed by atoms with Gasteiger partial charge in [-0.1, -0.05) is 12.1 Å². The van der Waals surface area contributed by atoms with Gasteiger partial charge in [0.1, 0.15) is 17.4 Å². The number of hydrogen-bond acceptors (Lipinski definition) is 5. The highest BCUT2D eigenvalue weighted by Gasteiger charge is 2.31. The fourth-order valence-corrected chi connectivity index (χ4v) is 4.57. The van der Waals surface area contributed by atoms with Crippen molar-refractivity contribution in [2.24, 2.45) is 0 Å². The average Bonchev–Trinajstić information content (AvgIpc) is 3.42. The second kappa shape index (κ2) is 8.84. The Morgan fingerprint density at radius 1 is 1.06 bits per heavy atom. The fraction of sp³-hybridized carbons (Fsp3) is 0.280. The van der Waals surface area contributed by atoms with Gasteiger partial charge in [0, 0.05) is 23.7 Å². The Kier molecular flexibility index (Phi) is 5.84. The van der Waals surface area contributed by atoms with Gasteiger partial charge < -0.3 is 14.7 Å². The van der Waals surface area contributed by atoms with Crippen molar-refractivity contribution in [1.29, 1.82) is 0 Å². The molecule has 0 aliphatic carbocycles. The van der Waals surface area contributed by atoms with E-state index in [4.69, 9.17) is 4.98 Å². The number of aryl methyl sites for hydroxylation is 1. The van der Waals surface area contributed by atoms with Crippen molar-refractivity contribution in [3.05, 3.63) is 66.1 Å². The zero-order valence-corrected chi connectivity index (χ0v) is 18.8. The van der Waals surface area contributed by atoms with E-state index in [1.165, 1.54) is 36.4 Å². The summed E-state index contributed by atoms with van der Waals surface area (Å²) in [5.74, 6) is -0.0388. The maximum Gasteiger partial charge on any atom is 0.573 e. The maximum absolute atomic E-state index is 13.6. The molecule has 6 nitrogen and oxygen atoms in total. The van der Waals surface area contributed by atoms with Gasteiger partial charge in [-0.25, -0.2) is 13.9 Å². The Morgan fingerprint density at radius 2 is 1.74 bits per heavy atom. The highest BCUT2D eigenvalue weighted by Crippen LogP contribution is 2.35. The van der Waals surface area contributed by atoms with Gasteiger partial charge >= 0.3 is 6.36 Å². The predicted octanol–water partition coefficient (Wildman–Crippen LogP) is 5.37.